The molecule has 0 aromatic heterocycles. The van der Waals surface area contributed by atoms with Crippen LogP contribution in [0.1, 0.15) is 72.1 Å². The van der Waals surface area contributed by atoms with Crippen LogP contribution in [0.15, 0.2) is 22.5 Å². The van der Waals surface area contributed by atoms with Gasteiger partial charge in [-0.05, 0) is 51.2 Å². The molecule has 1 heteroatoms. The van der Waals surface area contributed by atoms with Gasteiger partial charge in [-0.25, -0.2) is 0 Å². The Morgan fingerprint density at radius 3 is 1.82 bits per heavy atom. The first-order valence-electron chi connectivity index (χ1n) is 7.07. The second-order valence-electron chi connectivity index (χ2n) is 5.28. The summed E-state index contributed by atoms with van der Waals surface area (Å²) in [6.07, 6.45) is 10.5. The predicted octanol–water partition coefficient (Wildman–Crippen LogP) is 5.38. The van der Waals surface area contributed by atoms with Gasteiger partial charge in [-0.3, -0.25) is 0 Å². The average molecular weight is 236 g/mol. The van der Waals surface area contributed by atoms with Crippen LogP contribution in [0.2, 0.25) is 0 Å². The van der Waals surface area contributed by atoms with Crippen LogP contribution in [0, 0.1) is 0 Å². The summed E-state index contributed by atoms with van der Waals surface area (Å²) >= 11 is 0. The average Bonchev–Trinajstić information content (AvgIpc) is 2.34. The summed E-state index contributed by atoms with van der Waals surface area (Å²) in [6.45, 7) is 6.73. The summed E-state index contributed by atoms with van der Waals surface area (Å²) in [5.41, 5.74) is 4.35. The lowest BCUT2D eigenvalue weighted by molar-refractivity contribution is 0.269. The number of allylic oxidation sites excluding steroid dienone is 4. The highest BCUT2D eigenvalue weighted by Crippen LogP contribution is 2.25. The van der Waals surface area contributed by atoms with Crippen LogP contribution < -0.4 is 0 Å². The van der Waals surface area contributed by atoms with Gasteiger partial charge in [-0.15, -0.1) is 0 Å². The van der Waals surface area contributed by atoms with Gasteiger partial charge in [0.25, 0.3) is 0 Å². The lowest BCUT2D eigenvalue weighted by Gasteiger charge is -2.15. The van der Waals surface area contributed by atoms with E-state index in [0.717, 1.165) is 6.42 Å². The number of rotatable bonds is 1. The maximum atomic E-state index is 5.57. The third-order valence-electron chi connectivity index (χ3n) is 4.07. The third-order valence-corrected chi connectivity index (χ3v) is 4.07. The predicted molar refractivity (Wildman–Crippen MR) is 75.0 cm³/mol. The standard InChI is InChI=1S/C16H28O/c1-13-11-9-7-5-6-8-10-12-16(17-4)15(3)14(13)2/h5-12H2,1-4H3/b14-13-,16-15+. The van der Waals surface area contributed by atoms with Crippen LogP contribution in [-0.2, 0) is 4.74 Å². The second kappa shape index (κ2) is 7.58. The van der Waals surface area contributed by atoms with E-state index in [0.29, 0.717) is 0 Å². The molecule has 0 atom stereocenters. The molecule has 0 amide bonds. The summed E-state index contributed by atoms with van der Waals surface area (Å²) < 4.78 is 5.57. The quantitative estimate of drug-likeness (QED) is 0.594. The van der Waals surface area contributed by atoms with Crippen molar-refractivity contribution in [2.24, 2.45) is 0 Å². The minimum Gasteiger partial charge on any atom is -0.501 e. The van der Waals surface area contributed by atoms with Crippen molar-refractivity contribution in [1.82, 2.24) is 0 Å². The van der Waals surface area contributed by atoms with Crippen molar-refractivity contribution in [3.8, 4) is 0 Å². The molecule has 98 valence electrons. The minimum absolute atomic E-state index is 1.10. The van der Waals surface area contributed by atoms with Gasteiger partial charge in [0.2, 0.25) is 0 Å². The normalized spacial score (nSPS) is 29.4. The Balaban J connectivity index is 2.88. The summed E-state index contributed by atoms with van der Waals surface area (Å²) in [6, 6.07) is 0. The largest absolute Gasteiger partial charge is 0.501 e. The summed E-state index contributed by atoms with van der Waals surface area (Å²) in [5, 5.41) is 0. The van der Waals surface area contributed by atoms with E-state index >= 15 is 0 Å². The van der Waals surface area contributed by atoms with E-state index in [1.165, 1.54) is 67.4 Å². The van der Waals surface area contributed by atoms with Crippen molar-refractivity contribution >= 4 is 0 Å². The van der Waals surface area contributed by atoms with E-state index in [1.54, 1.807) is 0 Å². The van der Waals surface area contributed by atoms with E-state index in [4.69, 9.17) is 4.74 Å². The lowest BCUT2D eigenvalue weighted by atomic mass is 9.95. The zero-order chi connectivity index (χ0) is 12.7. The SMILES string of the molecule is CO/C1=C(C)/C(C)=C(/C)CCCCCCCC1. The molecule has 1 aliphatic carbocycles. The Morgan fingerprint density at radius 2 is 1.24 bits per heavy atom. The van der Waals surface area contributed by atoms with Crippen molar-refractivity contribution in [2.75, 3.05) is 7.11 Å². The van der Waals surface area contributed by atoms with Gasteiger partial charge in [-0.1, -0.05) is 31.3 Å². The molecular weight excluding hydrogens is 208 g/mol. The molecule has 1 nitrogen and oxygen atoms in total. The third kappa shape index (κ3) is 4.57. The highest BCUT2D eigenvalue weighted by molar-refractivity contribution is 5.33. The van der Waals surface area contributed by atoms with Crippen LogP contribution >= 0.6 is 0 Å². The van der Waals surface area contributed by atoms with Gasteiger partial charge >= 0.3 is 0 Å². The summed E-state index contributed by atoms with van der Waals surface area (Å²) in [5.74, 6) is 1.20. The van der Waals surface area contributed by atoms with Gasteiger partial charge in [0.05, 0.1) is 12.9 Å². The Kier molecular flexibility index (Phi) is 6.39. The van der Waals surface area contributed by atoms with E-state index < -0.39 is 0 Å². The number of methoxy groups -OCH3 is 1. The van der Waals surface area contributed by atoms with Crippen molar-refractivity contribution in [2.45, 2.75) is 72.1 Å². The summed E-state index contributed by atoms with van der Waals surface area (Å²) in [4.78, 5) is 0. The lowest BCUT2D eigenvalue weighted by Crippen LogP contribution is -1.98. The molecule has 0 saturated heterocycles. The summed E-state index contributed by atoms with van der Waals surface area (Å²) in [7, 11) is 1.81. The number of hydrogen-bond acceptors (Lipinski definition) is 1. The van der Waals surface area contributed by atoms with E-state index in [2.05, 4.69) is 20.8 Å². The molecule has 0 aromatic rings. The fraction of sp³-hybridized carbons (Fsp3) is 0.750. The molecule has 1 rings (SSSR count). The number of hydrogen-bond donors (Lipinski definition) is 0. The first-order chi connectivity index (χ1) is 8.16. The van der Waals surface area contributed by atoms with Crippen LogP contribution in [0.25, 0.3) is 0 Å². The fourth-order valence-electron chi connectivity index (χ4n) is 2.54. The maximum Gasteiger partial charge on any atom is 0.0987 e. The topological polar surface area (TPSA) is 9.23 Å². The van der Waals surface area contributed by atoms with Crippen molar-refractivity contribution < 1.29 is 4.74 Å². The van der Waals surface area contributed by atoms with E-state index in [1.807, 2.05) is 7.11 Å². The molecule has 17 heavy (non-hydrogen) atoms. The monoisotopic (exact) mass is 236 g/mol. The van der Waals surface area contributed by atoms with Crippen LogP contribution in [0.3, 0.4) is 0 Å². The molecule has 0 heterocycles. The smallest absolute Gasteiger partial charge is 0.0987 e. The van der Waals surface area contributed by atoms with E-state index in [-0.39, 0.29) is 0 Å². The molecule has 0 N–H and O–H groups in total. The first-order valence-corrected chi connectivity index (χ1v) is 7.07. The Morgan fingerprint density at radius 1 is 0.706 bits per heavy atom. The Hall–Kier alpha value is -0.720. The zero-order valence-corrected chi connectivity index (χ0v) is 12.1. The van der Waals surface area contributed by atoms with Crippen molar-refractivity contribution in [1.29, 1.82) is 0 Å². The van der Waals surface area contributed by atoms with Gasteiger partial charge in [0, 0.05) is 6.42 Å². The maximum absolute atomic E-state index is 5.57. The van der Waals surface area contributed by atoms with Crippen LogP contribution in [0.4, 0.5) is 0 Å². The molecule has 0 aromatic carbocycles. The van der Waals surface area contributed by atoms with Gasteiger partial charge < -0.3 is 4.74 Å². The van der Waals surface area contributed by atoms with Gasteiger partial charge in [0.1, 0.15) is 0 Å². The second-order valence-corrected chi connectivity index (χ2v) is 5.28. The highest BCUT2D eigenvalue weighted by Gasteiger charge is 2.08. The molecule has 0 saturated carbocycles. The highest BCUT2D eigenvalue weighted by atomic mass is 16.5. The molecule has 0 radical (unpaired) electrons. The Bertz CT molecular complexity index is 297. The Labute approximate surface area is 107 Å². The fourth-order valence-corrected chi connectivity index (χ4v) is 2.54. The molecule has 1 aliphatic rings. The molecule has 0 aliphatic heterocycles. The van der Waals surface area contributed by atoms with Crippen LogP contribution in [0.5, 0.6) is 0 Å². The van der Waals surface area contributed by atoms with Gasteiger partial charge in [0.15, 0.2) is 0 Å². The molecule has 0 spiro atoms. The molecule has 0 fully saturated rings. The van der Waals surface area contributed by atoms with Crippen molar-refractivity contribution in [3.63, 3.8) is 0 Å². The van der Waals surface area contributed by atoms with Crippen LogP contribution in [-0.4, -0.2) is 7.11 Å². The minimum atomic E-state index is 1.10. The van der Waals surface area contributed by atoms with Crippen molar-refractivity contribution in [3.05, 3.63) is 22.5 Å². The zero-order valence-electron chi connectivity index (χ0n) is 12.1. The molecular formula is C16H28O. The van der Waals surface area contributed by atoms with E-state index in [9.17, 15) is 0 Å². The first kappa shape index (κ1) is 14.3. The van der Waals surface area contributed by atoms with Gasteiger partial charge in [-0.2, -0.15) is 0 Å². The molecule has 0 unspecified atom stereocenters. The molecule has 0 bridgehead atoms. The number of ether oxygens (including phenoxy) is 1.